The van der Waals surface area contributed by atoms with Gasteiger partial charge in [-0.3, -0.25) is 0 Å². The fraction of sp³-hybridized carbons (Fsp3) is 0.182. The van der Waals surface area contributed by atoms with Gasteiger partial charge in [-0.2, -0.15) is 4.57 Å². The highest BCUT2D eigenvalue weighted by molar-refractivity contribution is 7.89. The van der Waals surface area contributed by atoms with Gasteiger partial charge in [-0.05, 0) is 19.1 Å². The molecule has 0 aliphatic carbocycles. The SMILES string of the molecule is CC[n+]1ccc(Cl)c2cc(S(N)(=O)=O)ccc21.F[B-](F)(F)F. The fourth-order valence-corrected chi connectivity index (χ4v) is 2.48. The van der Waals surface area contributed by atoms with E-state index >= 15 is 0 Å². The van der Waals surface area contributed by atoms with Crippen molar-refractivity contribution < 1.29 is 30.2 Å². The van der Waals surface area contributed by atoms with Crippen LogP contribution in [0.15, 0.2) is 35.4 Å². The highest BCUT2D eigenvalue weighted by Crippen LogP contribution is 2.23. The minimum absolute atomic E-state index is 0.0701. The lowest BCUT2D eigenvalue weighted by atomic mass is 10.2. The van der Waals surface area contributed by atoms with Crippen LogP contribution >= 0.6 is 11.6 Å². The lowest BCUT2D eigenvalue weighted by molar-refractivity contribution is -0.667. The van der Waals surface area contributed by atoms with Gasteiger partial charge in [0.15, 0.2) is 6.20 Å². The van der Waals surface area contributed by atoms with Crippen LogP contribution in [0.2, 0.25) is 5.02 Å². The number of nitrogens with zero attached hydrogens (tertiary/aromatic N) is 1. The molecule has 0 aliphatic heterocycles. The first kappa shape index (κ1) is 18.7. The molecule has 2 rings (SSSR count). The van der Waals surface area contributed by atoms with Crippen LogP contribution in [-0.4, -0.2) is 15.7 Å². The molecule has 0 bridgehead atoms. The fourth-order valence-electron chi connectivity index (χ4n) is 1.74. The van der Waals surface area contributed by atoms with Crippen LogP contribution < -0.4 is 9.71 Å². The van der Waals surface area contributed by atoms with E-state index in [9.17, 15) is 25.7 Å². The first-order valence-corrected chi connectivity index (χ1v) is 7.87. The van der Waals surface area contributed by atoms with Crippen molar-refractivity contribution in [3.63, 3.8) is 0 Å². The number of halogens is 5. The topological polar surface area (TPSA) is 64.0 Å². The van der Waals surface area contributed by atoms with Crippen molar-refractivity contribution in [3.8, 4) is 0 Å². The molecular formula is C11H12BClF4N2O2S. The van der Waals surface area contributed by atoms with Crippen molar-refractivity contribution in [2.24, 2.45) is 5.14 Å². The predicted molar refractivity (Wildman–Crippen MR) is 76.4 cm³/mol. The van der Waals surface area contributed by atoms with Gasteiger partial charge < -0.3 is 17.3 Å². The van der Waals surface area contributed by atoms with Crippen LogP contribution in [0.5, 0.6) is 0 Å². The van der Waals surface area contributed by atoms with E-state index in [-0.39, 0.29) is 4.90 Å². The number of hydrogen-bond donors (Lipinski definition) is 1. The Morgan fingerprint density at radius 2 is 1.77 bits per heavy atom. The van der Waals surface area contributed by atoms with Crippen molar-refractivity contribution in [2.45, 2.75) is 18.4 Å². The molecule has 0 amide bonds. The summed E-state index contributed by atoms with van der Waals surface area (Å²) >= 11 is 6.06. The molecule has 1 heterocycles. The van der Waals surface area contributed by atoms with E-state index in [1.165, 1.54) is 12.1 Å². The summed E-state index contributed by atoms with van der Waals surface area (Å²) in [5, 5.41) is 6.28. The van der Waals surface area contributed by atoms with Crippen molar-refractivity contribution >= 4 is 39.8 Å². The Hall–Kier alpha value is -1.39. The molecule has 122 valence electrons. The van der Waals surface area contributed by atoms with Crippen LogP contribution in [0.3, 0.4) is 0 Å². The molecule has 0 aliphatic rings. The number of fused-ring (bicyclic) bond motifs is 1. The third-order valence-electron chi connectivity index (χ3n) is 2.60. The summed E-state index contributed by atoms with van der Waals surface area (Å²) in [6, 6.07) is 6.43. The molecule has 1 aromatic carbocycles. The molecule has 2 aromatic rings. The van der Waals surface area contributed by atoms with Gasteiger partial charge in [-0.1, -0.05) is 11.6 Å². The second kappa shape index (κ2) is 6.80. The molecule has 0 fully saturated rings. The summed E-state index contributed by atoms with van der Waals surface area (Å²) in [5.41, 5.74) is 0.882. The van der Waals surface area contributed by atoms with Gasteiger partial charge >= 0.3 is 7.25 Å². The van der Waals surface area contributed by atoms with Crippen molar-refractivity contribution in [1.82, 2.24) is 0 Å². The lowest BCUT2D eigenvalue weighted by Crippen LogP contribution is -2.32. The molecule has 0 atom stereocenters. The number of primary sulfonamides is 1. The van der Waals surface area contributed by atoms with Gasteiger partial charge in [0.1, 0.15) is 6.54 Å². The van der Waals surface area contributed by atoms with Crippen molar-refractivity contribution in [2.75, 3.05) is 0 Å². The van der Waals surface area contributed by atoms with E-state index in [1.807, 2.05) is 17.7 Å². The van der Waals surface area contributed by atoms with E-state index in [4.69, 9.17) is 16.7 Å². The Morgan fingerprint density at radius 3 is 2.23 bits per heavy atom. The first-order chi connectivity index (χ1) is 9.93. The molecule has 0 saturated heterocycles. The minimum atomic E-state index is -6.00. The number of nitrogens with two attached hydrogens (primary N) is 1. The van der Waals surface area contributed by atoms with Gasteiger partial charge in [0.05, 0.1) is 15.3 Å². The largest absolute Gasteiger partial charge is 0.673 e. The third kappa shape index (κ3) is 5.43. The summed E-state index contributed by atoms with van der Waals surface area (Å²) in [6.45, 7) is 2.78. The van der Waals surface area contributed by atoms with Gasteiger partial charge in [-0.15, -0.1) is 0 Å². The van der Waals surface area contributed by atoms with E-state index in [1.54, 1.807) is 12.1 Å². The second-order valence-corrected chi connectivity index (χ2v) is 6.14. The molecular weight excluding hydrogens is 346 g/mol. The molecule has 0 radical (unpaired) electrons. The maximum absolute atomic E-state index is 11.3. The zero-order valence-electron chi connectivity index (χ0n) is 11.3. The Morgan fingerprint density at radius 1 is 1.23 bits per heavy atom. The maximum atomic E-state index is 11.3. The van der Waals surface area contributed by atoms with E-state index in [0.29, 0.717) is 10.4 Å². The summed E-state index contributed by atoms with van der Waals surface area (Å²) in [7, 11) is -9.70. The Kier molecular flexibility index (Phi) is 5.77. The highest BCUT2D eigenvalue weighted by atomic mass is 35.5. The number of rotatable bonds is 2. The van der Waals surface area contributed by atoms with Crippen LogP contribution in [0.25, 0.3) is 10.9 Å². The summed E-state index contributed by atoms with van der Waals surface area (Å²) < 4.78 is 63.5. The van der Waals surface area contributed by atoms with Gasteiger partial charge in [0.2, 0.25) is 15.5 Å². The number of aromatic nitrogens is 1. The zero-order chi connectivity index (χ0) is 17.1. The average molecular weight is 359 g/mol. The monoisotopic (exact) mass is 358 g/mol. The quantitative estimate of drug-likeness (QED) is 0.510. The molecule has 0 unspecified atom stereocenters. The van der Waals surface area contributed by atoms with E-state index in [0.717, 1.165) is 12.1 Å². The van der Waals surface area contributed by atoms with Crippen molar-refractivity contribution in [1.29, 1.82) is 0 Å². The predicted octanol–water partition coefficient (Wildman–Crippen LogP) is 2.75. The van der Waals surface area contributed by atoms with E-state index < -0.39 is 17.3 Å². The van der Waals surface area contributed by atoms with Crippen molar-refractivity contribution in [3.05, 3.63) is 35.5 Å². The first-order valence-electron chi connectivity index (χ1n) is 5.95. The van der Waals surface area contributed by atoms with Crippen LogP contribution in [0.1, 0.15) is 6.92 Å². The average Bonchev–Trinajstić information content (AvgIpc) is 2.36. The van der Waals surface area contributed by atoms with Crippen LogP contribution in [-0.2, 0) is 16.6 Å². The van der Waals surface area contributed by atoms with Gasteiger partial charge in [0.25, 0.3) is 0 Å². The molecule has 0 saturated carbocycles. The summed E-state index contributed by atoms with van der Waals surface area (Å²) in [6.07, 6.45) is 1.86. The smallest absolute Gasteiger partial charge is 0.418 e. The molecule has 2 N–H and O–H groups in total. The summed E-state index contributed by atoms with van der Waals surface area (Å²) in [5.74, 6) is 0. The molecule has 11 heteroatoms. The third-order valence-corrected chi connectivity index (χ3v) is 3.85. The number of hydrogen-bond acceptors (Lipinski definition) is 2. The standard InChI is InChI=1S/C11H12ClN2O2S.BF4/c1-2-14-6-5-10(12)9-7-8(17(13,15)16)3-4-11(9)14;2-1(3,4)5/h3-7H,2H2,1H3,(H2,13,15,16);/q+1;-1. The Labute approximate surface area is 129 Å². The van der Waals surface area contributed by atoms with Crippen LogP contribution in [0.4, 0.5) is 17.3 Å². The van der Waals surface area contributed by atoms with Gasteiger partial charge in [0, 0.05) is 12.1 Å². The number of sulfonamides is 1. The Balaban J connectivity index is 0.000000422. The second-order valence-electron chi connectivity index (χ2n) is 4.17. The maximum Gasteiger partial charge on any atom is 0.673 e. The van der Waals surface area contributed by atoms with E-state index in [2.05, 4.69) is 0 Å². The number of aryl methyl sites for hydroxylation is 1. The summed E-state index contributed by atoms with van der Waals surface area (Å²) in [4.78, 5) is 0.0701. The van der Waals surface area contributed by atoms with Crippen LogP contribution in [0, 0.1) is 0 Å². The normalized spacial score (nSPS) is 12.0. The highest BCUT2D eigenvalue weighted by Gasteiger charge is 2.20. The molecule has 22 heavy (non-hydrogen) atoms. The zero-order valence-corrected chi connectivity index (χ0v) is 12.9. The molecule has 0 spiro atoms. The Bertz CT molecular complexity index is 777. The van der Waals surface area contributed by atoms with Gasteiger partial charge in [-0.25, -0.2) is 13.6 Å². The minimum Gasteiger partial charge on any atom is -0.418 e. The molecule has 1 aromatic heterocycles. The number of pyridine rings is 1. The number of benzene rings is 1. The molecule has 4 nitrogen and oxygen atoms in total. The lowest BCUT2D eigenvalue weighted by Gasteiger charge is -2.03.